The summed E-state index contributed by atoms with van der Waals surface area (Å²) in [5, 5.41) is 3.45. The van der Waals surface area contributed by atoms with Gasteiger partial charge >= 0.3 is 0 Å². The second-order valence-electron chi connectivity index (χ2n) is 6.86. The van der Waals surface area contributed by atoms with Crippen molar-refractivity contribution in [3.63, 3.8) is 0 Å². The number of aromatic nitrogens is 2. The van der Waals surface area contributed by atoms with E-state index in [0.29, 0.717) is 5.39 Å². The third kappa shape index (κ3) is 2.38. The second kappa shape index (κ2) is 5.86. The average molecular weight is 376 g/mol. The van der Waals surface area contributed by atoms with Crippen molar-refractivity contribution in [1.82, 2.24) is 4.98 Å². The highest BCUT2D eigenvalue weighted by Gasteiger charge is 2.23. The van der Waals surface area contributed by atoms with Gasteiger partial charge in [-0.25, -0.2) is 4.98 Å². The largest absolute Gasteiger partial charge is 0.245 e. The highest BCUT2D eigenvalue weighted by Crippen LogP contribution is 2.42. The van der Waals surface area contributed by atoms with Crippen molar-refractivity contribution in [2.24, 2.45) is 7.05 Å². The number of aryl methyl sites for hydroxylation is 4. The summed E-state index contributed by atoms with van der Waals surface area (Å²) in [5.41, 5.74) is 3.09. The molecule has 0 aliphatic rings. The van der Waals surface area contributed by atoms with Crippen LogP contribution in [0.2, 0.25) is 0 Å². The molecule has 0 saturated heterocycles. The lowest BCUT2D eigenvalue weighted by Gasteiger charge is -2.08. The molecular weight excluding hydrogens is 348 g/mol. The molecule has 132 valence electrons. The second-order valence-corrected chi connectivity index (χ2v) is 7.86. The highest BCUT2D eigenvalue weighted by atomic mass is 32.1. The van der Waals surface area contributed by atoms with Crippen LogP contribution in [0.5, 0.6) is 0 Å². The van der Waals surface area contributed by atoms with Crippen LogP contribution in [0.3, 0.4) is 0 Å². The lowest BCUT2D eigenvalue weighted by atomic mass is 9.99. The van der Waals surface area contributed by atoms with Gasteiger partial charge in [-0.05, 0) is 37.6 Å². The van der Waals surface area contributed by atoms with Gasteiger partial charge in [0.25, 0.3) is 0 Å². The minimum atomic E-state index is -2.31. The van der Waals surface area contributed by atoms with Crippen molar-refractivity contribution in [3.8, 4) is 11.3 Å². The van der Waals surface area contributed by atoms with Gasteiger partial charge in [-0.1, -0.05) is 42.0 Å². The number of pyridine rings is 2. The fraction of sp³-hybridized carbons (Fsp3) is 0.167. The molecule has 0 aliphatic heterocycles. The van der Waals surface area contributed by atoms with Crippen LogP contribution < -0.4 is 4.57 Å². The number of hydrogen-bond donors (Lipinski definition) is 0. The van der Waals surface area contributed by atoms with Gasteiger partial charge in [-0.15, -0.1) is 11.3 Å². The molecule has 0 fully saturated rings. The Kier molecular flexibility index (Phi) is 2.42. The molecule has 0 unspecified atom stereocenters. The molecule has 5 aromatic rings. The van der Waals surface area contributed by atoms with Crippen LogP contribution in [0, 0.1) is 20.6 Å². The first kappa shape index (κ1) is 11.2. The van der Waals surface area contributed by atoms with E-state index in [1.165, 1.54) is 11.3 Å². The fourth-order valence-corrected chi connectivity index (χ4v) is 5.15. The van der Waals surface area contributed by atoms with Crippen molar-refractivity contribution >= 4 is 42.4 Å². The normalized spacial score (nSPS) is 15.9. The topological polar surface area (TPSA) is 16.8 Å². The fourth-order valence-electron chi connectivity index (χ4n) is 3.87. The molecule has 2 aromatic carbocycles. The molecule has 3 heteroatoms. The third-order valence-corrected chi connectivity index (χ3v) is 6.19. The quantitative estimate of drug-likeness (QED) is 0.327. The average Bonchev–Trinajstić information content (AvgIpc) is 3.12. The first-order valence-corrected chi connectivity index (χ1v) is 9.53. The Morgan fingerprint density at radius 3 is 2.74 bits per heavy atom. The number of rotatable bonds is 1. The van der Waals surface area contributed by atoms with Crippen molar-refractivity contribution in [1.29, 1.82) is 0 Å². The van der Waals surface area contributed by atoms with Crippen molar-refractivity contribution < 1.29 is 12.8 Å². The number of fused-ring (bicyclic) bond motifs is 5. The molecule has 0 radical (unpaired) electrons. The molecule has 2 nitrogen and oxygen atoms in total. The van der Waals surface area contributed by atoms with E-state index < -0.39 is 13.7 Å². The maximum atomic E-state index is 8.23. The van der Waals surface area contributed by atoms with Crippen LogP contribution in [0.1, 0.15) is 24.9 Å². The molecule has 0 aliphatic carbocycles. The SMILES string of the molecule is [2H]C([2H])([2H])c1ccc(-c2c3sc4ncc5ccccc5c4c3c(C([2H])([2H])[2H])c[n+]2C)c(C)c1. The highest BCUT2D eigenvalue weighted by molar-refractivity contribution is 7.26. The molecular formula is C24H21N2S+. The molecule has 0 N–H and O–H groups in total. The maximum absolute atomic E-state index is 8.23. The summed E-state index contributed by atoms with van der Waals surface area (Å²) in [4.78, 5) is 5.43. The first-order chi connectivity index (χ1) is 15.5. The number of hydrogen-bond acceptors (Lipinski definition) is 2. The van der Waals surface area contributed by atoms with Gasteiger partial charge in [-0.3, -0.25) is 0 Å². The van der Waals surface area contributed by atoms with E-state index in [4.69, 9.17) is 8.22 Å². The molecule has 0 spiro atoms. The maximum Gasteiger partial charge on any atom is 0.230 e. The van der Waals surface area contributed by atoms with Crippen molar-refractivity contribution in [3.05, 3.63) is 71.5 Å². The standard InChI is InChI=1S/C24H21N2S/c1-14-9-10-18(15(2)11-14)22-23-20(16(3)13-26(22)4)21-19-8-6-5-7-17(19)12-25-24(21)27-23/h5-13H,1-4H3/q+1/i1D3,3D3. The van der Waals surface area contributed by atoms with E-state index in [1.54, 1.807) is 18.3 Å². The zero-order valence-electron chi connectivity index (χ0n) is 21.0. The van der Waals surface area contributed by atoms with Gasteiger partial charge in [0.15, 0.2) is 6.20 Å². The van der Waals surface area contributed by atoms with Gasteiger partial charge < -0.3 is 0 Å². The summed E-state index contributed by atoms with van der Waals surface area (Å²) in [6.45, 7) is -2.61. The Balaban J connectivity index is 1.95. The summed E-state index contributed by atoms with van der Waals surface area (Å²) in [6.07, 6.45) is 3.49. The summed E-state index contributed by atoms with van der Waals surface area (Å²) in [7, 11) is 1.83. The molecule has 0 amide bonds. The molecule has 27 heavy (non-hydrogen) atoms. The smallest absolute Gasteiger partial charge is 0.230 e. The lowest BCUT2D eigenvalue weighted by molar-refractivity contribution is -0.659. The Morgan fingerprint density at radius 2 is 1.93 bits per heavy atom. The van der Waals surface area contributed by atoms with E-state index in [2.05, 4.69) is 4.98 Å². The van der Waals surface area contributed by atoms with Gasteiger partial charge in [0.05, 0.1) is 5.56 Å². The number of thiophene rings is 1. The van der Waals surface area contributed by atoms with E-state index >= 15 is 0 Å². The molecule has 0 atom stereocenters. The zero-order valence-corrected chi connectivity index (χ0v) is 15.8. The zero-order chi connectivity index (χ0) is 23.7. The first-order valence-electron chi connectivity index (χ1n) is 11.7. The van der Waals surface area contributed by atoms with Crippen molar-refractivity contribution in [2.45, 2.75) is 20.6 Å². The van der Waals surface area contributed by atoms with E-state index in [9.17, 15) is 0 Å². The van der Waals surface area contributed by atoms with Crippen LogP contribution in [-0.4, -0.2) is 4.98 Å². The monoisotopic (exact) mass is 375 g/mol. The summed E-state index contributed by atoms with van der Waals surface area (Å²) in [6, 6.07) is 13.0. The minimum absolute atomic E-state index is 0.282. The van der Waals surface area contributed by atoms with Gasteiger partial charge in [0.1, 0.15) is 16.6 Å². The predicted octanol–water partition coefficient (Wildman–Crippen LogP) is 6.02. The Labute approximate surface area is 171 Å². The van der Waals surface area contributed by atoms with Crippen LogP contribution in [0.25, 0.3) is 42.3 Å². The molecule has 5 rings (SSSR count). The number of benzene rings is 2. The third-order valence-electron chi connectivity index (χ3n) is 5.08. The molecule has 0 bridgehead atoms. The predicted molar refractivity (Wildman–Crippen MR) is 115 cm³/mol. The Hall–Kier alpha value is -2.78. The van der Waals surface area contributed by atoms with Gasteiger partial charge in [-0.2, -0.15) is 4.57 Å². The van der Waals surface area contributed by atoms with E-state index in [1.807, 2.05) is 55.1 Å². The summed E-state index contributed by atoms with van der Waals surface area (Å²) >= 11 is 1.47. The van der Waals surface area contributed by atoms with Crippen LogP contribution in [-0.2, 0) is 7.05 Å². The Bertz CT molecular complexity index is 1560. The van der Waals surface area contributed by atoms with Crippen LogP contribution >= 0.6 is 11.3 Å². The van der Waals surface area contributed by atoms with Gasteiger partial charge in [0.2, 0.25) is 5.69 Å². The molecule has 3 aromatic heterocycles. The van der Waals surface area contributed by atoms with E-state index in [-0.39, 0.29) is 11.1 Å². The number of nitrogens with zero attached hydrogens (tertiary/aromatic N) is 2. The summed E-state index contributed by atoms with van der Waals surface area (Å²) in [5.74, 6) is 0. The van der Waals surface area contributed by atoms with E-state index in [0.717, 1.165) is 42.5 Å². The van der Waals surface area contributed by atoms with Gasteiger partial charge in [0, 0.05) is 36.1 Å². The molecule has 3 heterocycles. The minimum Gasteiger partial charge on any atom is -0.245 e. The van der Waals surface area contributed by atoms with Crippen LogP contribution in [0.4, 0.5) is 0 Å². The van der Waals surface area contributed by atoms with Crippen molar-refractivity contribution in [2.75, 3.05) is 0 Å². The lowest BCUT2D eigenvalue weighted by Crippen LogP contribution is -2.31. The summed E-state index contributed by atoms with van der Waals surface area (Å²) < 4.78 is 50.5. The van der Waals surface area contributed by atoms with Crippen LogP contribution in [0.15, 0.2) is 54.9 Å². The Morgan fingerprint density at radius 1 is 1.04 bits per heavy atom. The molecule has 0 saturated carbocycles.